The van der Waals surface area contributed by atoms with Crippen LogP contribution >= 0.6 is 0 Å². The van der Waals surface area contributed by atoms with Gasteiger partial charge in [-0.1, -0.05) is 26.0 Å². The van der Waals surface area contributed by atoms with Crippen molar-refractivity contribution in [2.45, 2.75) is 26.6 Å². The zero-order valence-corrected chi connectivity index (χ0v) is 14.2. The van der Waals surface area contributed by atoms with Gasteiger partial charge in [-0.15, -0.1) is 0 Å². The molecule has 0 unspecified atom stereocenters. The minimum Gasteiger partial charge on any atom is -0.310 e. The average molecular weight is 362 g/mol. The van der Waals surface area contributed by atoms with Gasteiger partial charge in [0.05, 0.1) is 23.0 Å². The summed E-state index contributed by atoms with van der Waals surface area (Å²) < 4.78 is 40.1. The molecule has 0 spiro atoms. The van der Waals surface area contributed by atoms with Crippen molar-refractivity contribution in [3.63, 3.8) is 0 Å². The fourth-order valence-electron chi connectivity index (χ4n) is 2.47. The van der Waals surface area contributed by atoms with Gasteiger partial charge in [-0.3, -0.25) is 9.48 Å². The van der Waals surface area contributed by atoms with E-state index in [1.807, 2.05) is 0 Å². The molecule has 0 atom stereocenters. The number of alkyl halides is 3. The van der Waals surface area contributed by atoms with E-state index in [1.165, 1.54) is 16.9 Å². The van der Waals surface area contributed by atoms with Gasteiger partial charge >= 0.3 is 6.18 Å². The van der Waals surface area contributed by atoms with Gasteiger partial charge in [-0.2, -0.15) is 18.3 Å². The van der Waals surface area contributed by atoms with E-state index in [2.05, 4.69) is 15.4 Å². The molecule has 3 rings (SSSR count). The van der Waals surface area contributed by atoms with Crippen LogP contribution in [-0.4, -0.2) is 20.7 Å². The molecular weight excluding hydrogens is 345 g/mol. The zero-order valence-electron chi connectivity index (χ0n) is 14.2. The van der Waals surface area contributed by atoms with E-state index < -0.39 is 11.7 Å². The van der Waals surface area contributed by atoms with Crippen LogP contribution < -0.4 is 5.32 Å². The molecule has 8 heteroatoms. The zero-order chi connectivity index (χ0) is 18.9. The van der Waals surface area contributed by atoms with Crippen LogP contribution in [0.3, 0.4) is 0 Å². The summed E-state index contributed by atoms with van der Waals surface area (Å²) in [6.07, 6.45) is -1.19. The molecule has 0 saturated carbocycles. The monoisotopic (exact) mass is 362 g/mol. The van der Waals surface area contributed by atoms with Crippen molar-refractivity contribution in [1.82, 2.24) is 14.8 Å². The smallest absolute Gasteiger partial charge is 0.310 e. The molecule has 1 amide bonds. The third-order valence-corrected chi connectivity index (χ3v) is 3.85. The number of fused-ring (bicyclic) bond motifs is 1. The van der Waals surface area contributed by atoms with Crippen LogP contribution in [0.15, 0.2) is 42.7 Å². The molecule has 0 radical (unpaired) electrons. The number of aromatic nitrogens is 3. The number of rotatable bonds is 4. The third kappa shape index (κ3) is 3.84. The van der Waals surface area contributed by atoms with Gasteiger partial charge in [0, 0.05) is 18.3 Å². The van der Waals surface area contributed by atoms with E-state index in [0.717, 1.165) is 12.1 Å². The predicted octanol–water partition coefficient (Wildman–Crippen LogP) is 4.09. The van der Waals surface area contributed by atoms with Crippen molar-refractivity contribution >= 4 is 22.6 Å². The lowest BCUT2D eigenvalue weighted by Gasteiger charge is -2.08. The lowest BCUT2D eigenvalue weighted by atomic mass is 10.1. The van der Waals surface area contributed by atoms with E-state index in [0.29, 0.717) is 22.3 Å². The second-order valence-electron chi connectivity index (χ2n) is 6.26. The molecule has 136 valence electrons. The Morgan fingerprint density at radius 1 is 1.27 bits per heavy atom. The van der Waals surface area contributed by atoms with Gasteiger partial charge < -0.3 is 5.32 Å². The minimum atomic E-state index is -4.39. The molecule has 0 bridgehead atoms. The molecule has 3 aromatic rings. The Hall–Kier alpha value is -2.90. The average Bonchev–Trinajstić information content (AvgIpc) is 2.97. The molecule has 0 saturated heterocycles. The summed E-state index contributed by atoms with van der Waals surface area (Å²) in [5.41, 5.74) is 0.387. The van der Waals surface area contributed by atoms with Gasteiger partial charge in [0.25, 0.3) is 0 Å². The summed E-state index contributed by atoms with van der Waals surface area (Å²) in [7, 11) is 0. The van der Waals surface area contributed by atoms with E-state index in [-0.39, 0.29) is 18.4 Å². The topological polar surface area (TPSA) is 59.8 Å². The molecule has 1 N–H and O–H groups in total. The maximum atomic E-state index is 12.8. The van der Waals surface area contributed by atoms with Crippen LogP contribution in [0.5, 0.6) is 0 Å². The molecule has 2 aromatic heterocycles. The Balaban J connectivity index is 1.89. The molecule has 5 nitrogen and oxygen atoms in total. The first kappa shape index (κ1) is 17.9. The highest BCUT2D eigenvalue weighted by atomic mass is 19.4. The number of nitrogens with zero attached hydrogens (tertiary/aromatic N) is 3. The summed E-state index contributed by atoms with van der Waals surface area (Å²) in [5, 5.41) is 7.73. The molecular formula is C18H17F3N4O. The van der Waals surface area contributed by atoms with Crippen molar-refractivity contribution < 1.29 is 18.0 Å². The lowest BCUT2D eigenvalue weighted by Crippen LogP contribution is -2.18. The highest BCUT2D eigenvalue weighted by Crippen LogP contribution is 2.30. The number of hydrogen-bond donors (Lipinski definition) is 1. The van der Waals surface area contributed by atoms with Crippen molar-refractivity contribution in [3.05, 3.63) is 53.9 Å². The summed E-state index contributed by atoms with van der Waals surface area (Å²) >= 11 is 0. The van der Waals surface area contributed by atoms with Gasteiger partial charge in [0.2, 0.25) is 5.91 Å². The largest absolute Gasteiger partial charge is 0.416 e. The van der Waals surface area contributed by atoms with Gasteiger partial charge in [0.1, 0.15) is 5.82 Å². The number of pyridine rings is 1. The Bertz CT molecular complexity index is 947. The standard InChI is InChI=1S/C18H17F3N4O/c1-11(2)17(26)23-16-14-10-25(24-15(14)6-7-22-16)9-12-4-3-5-13(8-12)18(19,20)21/h3-8,10-11H,9H2,1-2H3,(H,22,23,26). The highest BCUT2D eigenvalue weighted by molar-refractivity contribution is 5.99. The summed E-state index contributed by atoms with van der Waals surface area (Å²) in [6.45, 7) is 3.72. The first-order valence-corrected chi connectivity index (χ1v) is 8.03. The Labute approximate surface area is 147 Å². The van der Waals surface area contributed by atoms with Crippen LogP contribution in [0.1, 0.15) is 25.0 Å². The van der Waals surface area contributed by atoms with E-state index in [1.54, 1.807) is 32.2 Å². The quantitative estimate of drug-likeness (QED) is 0.760. The maximum absolute atomic E-state index is 12.8. The number of amides is 1. The number of hydrogen-bond acceptors (Lipinski definition) is 3. The predicted molar refractivity (Wildman–Crippen MR) is 91.5 cm³/mol. The van der Waals surface area contributed by atoms with Crippen molar-refractivity contribution in [2.75, 3.05) is 5.32 Å². The molecule has 0 aliphatic carbocycles. The third-order valence-electron chi connectivity index (χ3n) is 3.85. The van der Waals surface area contributed by atoms with Crippen molar-refractivity contribution in [2.24, 2.45) is 5.92 Å². The molecule has 0 fully saturated rings. The number of benzene rings is 1. The van der Waals surface area contributed by atoms with Crippen molar-refractivity contribution in [1.29, 1.82) is 0 Å². The fraction of sp³-hybridized carbons (Fsp3) is 0.278. The molecule has 1 aromatic carbocycles. The second-order valence-corrected chi connectivity index (χ2v) is 6.26. The number of nitrogens with one attached hydrogen (secondary N) is 1. The van der Waals surface area contributed by atoms with E-state index >= 15 is 0 Å². The normalized spacial score (nSPS) is 11.9. The van der Waals surface area contributed by atoms with Crippen LogP contribution in [0.2, 0.25) is 0 Å². The van der Waals surface area contributed by atoms with Crippen LogP contribution in [0, 0.1) is 5.92 Å². The van der Waals surface area contributed by atoms with Gasteiger partial charge in [-0.25, -0.2) is 4.98 Å². The Morgan fingerprint density at radius 2 is 2.04 bits per heavy atom. The van der Waals surface area contributed by atoms with Gasteiger partial charge in [-0.05, 0) is 23.8 Å². The Kier molecular flexibility index (Phi) is 4.67. The van der Waals surface area contributed by atoms with E-state index in [4.69, 9.17) is 0 Å². The molecule has 2 heterocycles. The molecule has 0 aliphatic rings. The molecule has 26 heavy (non-hydrogen) atoms. The molecule has 0 aliphatic heterocycles. The summed E-state index contributed by atoms with van der Waals surface area (Å²) in [4.78, 5) is 16.1. The maximum Gasteiger partial charge on any atom is 0.416 e. The SMILES string of the molecule is CC(C)C(=O)Nc1nccc2nn(Cc3cccc(C(F)(F)F)c3)cc12. The lowest BCUT2D eigenvalue weighted by molar-refractivity contribution is -0.137. The number of halogens is 3. The van der Waals surface area contributed by atoms with Gasteiger partial charge in [0.15, 0.2) is 0 Å². The van der Waals surface area contributed by atoms with Crippen molar-refractivity contribution in [3.8, 4) is 0 Å². The number of anilines is 1. The first-order valence-electron chi connectivity index (χ1n) is 8.03. The Morgan fingerprint density at radius 3 is 2.73 bits per heavy atom. The summed E-state index contributed by atoms with van der Waals surface area (Å²) in [5.74, 6) is 0.0133. The van der Waals surface area contributed by atoms with E-state index in [9.17, 15) is 18.0 Å². The van der Waals surface area contributed by atoms with Crippen LogP contribution in [0.4, 0.5) is 19.0 Å². The summed E-state index contributed by atoms with van der Waals surface area (Å²) in [6, 6.07) is 6.81. The first-order chi connectivity index (χ1) is 12.2. The number of carbonyl (C=O) groups excluding carboxylic acids is 1. The minimum absolute atomic E-state index is 0.171. The highest BCUT2D eigenvalue weighted by Gasteiger charge is 2.30. The fourth-order valence-corrected chi connectivity index (χ4v) is 2.47. The van der Waals surface area contributed by atoms with Crippen LogP contribution in [-0.2, 0) is 17.5 Å². The van der Waals surface area contributed by atoms with Crippen LogP contribution in [0.25, 0.3) is 10.9 Å². The number of carbonyl (C=O) groups is 1. The second kappa shape index (κ2) is 6.78.